The molecule has 0 saturated heterocycles. The number of carbonyl (C=O) groups is 2. The summed E-state index contributed by atoms with van der Waals surface area (Å²) in [5, 5.41) is 11.8. The van der Waals surface area contributed by atoms with Crippen molar-refractivity contribution in [3.63, 3.8) is 0 Å². The first-order valence-corrected chi connectivity index (χ1v) is 6.36. The first-order valence-electron chi connectivity index (χ1n) is 5.61. The van der Waals surface area contributed by atoms with Gasteiger partial charge in [0, 0.05) is 30.4 Å². The Morgan fingerprint density at radius 2 is 1.76 bits per heavy atom. The Balaban J connectivity index is 2.18. The van der Waals surface area contributed by atoms with E-state index in [9.17, 15) is 9.59 Å². The van der Waals surface area contributed by atoms with Gasteiger partial charge in [-0.25, -0.2) is 14.8 Å². The third kappa shape index (κ3) is 3.65. The van der Waals surface area contributed by atoms with Crippen molar-refractivity contribution >= 4 is 40.9 Å². The highest BCUT2D eigenvalue weighted by atomic mass is 35.5. The lowest BCUT2D eigenvalue weighted by atomic mass is 10.2. The lowest BCUT2D eigenvalue weighted by molar-refractivity contribution is -0.115. The number of nitrogens with zero attached hydrogens (tertiary/aromatic N) is 3. The molecule has 0 unspecified atom stereocenters. The Morgan fingerprint density at radius 1 is 1.14 bits per heavy atom. The number of halogens is 2. The summed E-state index contributed by atoms with van der Waals surface area (Å²) in [7, 11) is 0. The summed E-state index contributed by atoms with van der Waals surface area (Å²) < 4.78 is 0. The molecule has 2 N–H and O–H groups in total. The Labute approximate surface area is 129 Å². The average molecular weight is 327 g/mol. The molecule has 0 spiro atoms. The molecule has 0 aliphatic rings. The predicted molar refractivity (Wildman–Crippen MR) is 75.6 cm³/mol. The molecule has 2 heterocycles. The van der Waals surface area contributed by atoms with Gasteiger partial charge in [0.1, 0.15) is 0 Å². The van der Waals surface area contributed by atoms with E-state index in [0.29, 0.717) is 5.56 Å². The molecule has 0 radical (unpaired) electrons. The molecule has 21 heavy (non-hydrogen) atoms. The van der Waals surface area contributed by atoms with E-state index in [1.807, 2.05) is 0 Å². The van der Waals surface area contributed by atoms with Crippen molar-refractivity contribution in [2.75, 3.05) is 5.32 Å². The maximum atomic E-state index is 12.0. The largest absolute Gasteiger partial charge is 0.476 e. The zero-order valence-corrected chi connectivity index (χ0v) is 11.9. The monoisotopic (exact) mass is 326 g/mol. The van der Waals surface area contributed by atoms with Crippen molar-refractivity contribution in [2.45, 2.75) is 6.42 Å². The zero-order chi connectivity index (χ0) is 15.4. The number of aromatic carboxylic acids is 1. The summed E-state index contributed by atoms with van der Waals surface area (Å²) in [5.74, 6) is -1.96. The van der Waals surface area contributed by atoms with Crippen LogP contribution in [-0.2, 0) is 11.2 Å². The summed E-state index contributed by atoms with van der Waals surface area (Å²) in [6.45, 7) is 0. The Bertz CT molecular complexity index is 688. The van der Waals surface area contributed by atoms with Gasteiger partial charge in [0.25, 0.3) is 0 Å². The van der Waals surface area contributed by atoms with Gasteiger partial charge in [0.05, 0.1) is 16.5 Å². The van der Waals surface area contributed by atoms with E-state index in [4.69, 9.17) is 28.3 Å². The SMILES string of the molecule is O=C(Cc1c(Cl)cncc1Cl)Nc1nccnc1C(=O)O. The average Bonchev–Trinajstić information content (AvgIpc) is 2.43. The molecule has 2 aromatic heterocycles. The molecule has 2 rings (SSSR count). The minimum atomic E-state index is -1.29. The fourth-order valence-electron chi connectivity index (χ4n) is 1.53. The Kier molecular flexibility index (Phi) is 4.66. The zero-order valence-electron chi connectivity index (χ0n) is 10.4. The number of hydrogen-bond donors (Lipinski definition) is 2. The first-order chi connectivity index (χ1) is 9.99. The van der Waals surface area contributed by atoms with Crippen LogP contribution in [0.1, 0.15) is 16.1 Å². The number of anilines is 1. The predicted octanol–water partition coefficient (Wildman–Crippen LogP) is 2.06. The van der Waals surface area contributed by atoms with Crippen molar-refractivity contribution in [2.24, 2.45) is 0 Å². The van der Waals surface area contributed by atoms with E-state index in [1.165, 1.54) is 24.8 Å². The van der Waals surface area contributed by atoms with E-state index >= 15 is 0 Å². The van der Waals surface area contributed by atoms with Crippen LogP contribution < -0.4 is 5.32 Å². The smallest absolute Gasteiger partial charge is 0.358 e. The van der Waals surface area contributed by atoms with Gasteiger partial charge in [-0.3, -0.25) is 9.78 Å². The molecule has 0 bridgehead atoms. The molecule has 0 aromatic carbocycles. The maximum Gasteiger partial charge on any atom is 0.358 e. The van der Waals surface area contributed by atoms with Crippen LogP contribution in [0.2, 0.25) is 10.0 Å². The van der Waals surface area contributed by atoms with E-state index in [1.54, 1.807) is 0 Å². The topological polar surface area (TPSA) is 105 Å². The van der Waals surface area contributed by atoms with Crippen LogP contribution in [0.5, 0.6) is 0 Å². The summed E-state index contributed by atoms with van der Waals surface area (Å²) in [5.41, 5.74) is 0.0457. The number of carboxylic acids is 1. The molecule has 0 atom stereocenters. The molecule has 108 valence electrons. The van der Waals surface area contributed by atoms with Crippen molar-refractivity contribution in [1.82, 2.24) is 15.0 Å². The summed E-state index contributed by atoms with van der Waals surface area (Å²) in [4.78, 5) is 34.1. The van der Waals surface area contributed by atoms with Crippen LogP contribution >= 0.6 is 23.2 Å². The number of aromatic nitrogens is 3. The van der Waals surface area contributed by atoms with Gasteiger partial charge in [-0.1, -0.05) is 23.2 Å². The quantitative estimate of drug-likeness (QED) is 0.890. The van der Waals surface area contributed by atoms with Crippen molar-refractivity contribution in [3.05, 3.63) is 46.1 Å². The van der Waals surface area contributed by atoms with Crippen LogP contribution in [0.25, 0.3) is 0 Å². The maximum absolute atomic E-state index is 12.0. The number of rotatable bonds is 4. The van der Waals surface area contributed by atoms with Crippen molar-refractivity contribution in [1.29, 1.82) is 0 Å². The molecule has 0 saturated carbocycles. The van der Waals surface area contributed by atoms with Crippen LogP contribution in [0, 0.1) is 0 Å². The highest BCUT2D eigenvalue weighted by Gasteiger charge is 2.17. The molecule has 0 aliphatic heterocycles. The van der Waals surface area contributed by atoms with Crippen LogP contribution in [0.4, 0.5) is 5.82 Å². The van der Waals surface area contributed by atoms with Crippen LogP contribution in [0.15, 0.2) is 24.8 Å². The molecule has 7 nitrogen and oxygen atoms in total. The van der Waals surface area contributed by atoms with Crippen LogP contribution in [0.3, 0.4) is 0 Å². The van der Waals surface area contributed by atoms with Gasteiger partial charge in [0.2, 0.25) is 5.91 Å². The van der Waals surface area contributed by atoms with Crippen molar-refractivity contribution < 1.29 is 14.7 Å². The third-order valence-electron chi connectivity index (χ3n) is 2.45. The van der Waals surface area contributed by atoms with E-state index in [2.05, 4.69) is 20.3 Å². The molecule has 9 heteroatoms. The van der Waals surface area contributed by atoms with Gasteiger partial charge in [-0.2, -0.15) is 0 Å². The lowest BCUT2D eigenvalue weighted by Crippen LogP contribution is -2.19. The molecule has 1 amide bonds. The molecule has 0 aliphatic carbocycles. The summed E-state index contributed by atoms with van der Waals surface area (Å²) >= 11 is 11.8. The third-order valence-corrected chi connectivity index (χ3v) is 3.10. The lowest BCUT2D eigenvalue weighted by Gasteiger charge is -2.08. The Morgan fingerprint density at radius 3 is 2.38 bits per heavy atom. The second-order valence-electron chi connectivity index (χ2n) is 3.87. The van der Waals surface area contributed by atoms with Gasteiger partial charge in [0.15, 0.2) is 11.5 Å². The second kappa shape index (κ2) is 6.47. The van der Waals surface area contributed by atoms with Gasteiger partial charge in [-0.15, -0.1) is 0 Å². The summed E-state index contributed by atoms with van der Waals surface area (Å²) in [6.07, 6.45) is 5.07. The molecule has 0 fully saturated rings. The van der Waals surface area contributed by atoms with E-state index in [0.717, 1.165) is 0 Å². The van der Waals surface area contributed by atoms with Gasteiger partial charge >= 0.3 is 5.97 Å². The van der Waals surface area contributed by atoms with Gasteiger partial charge in [-0.05, 0) is 0 Å². The molecule has 2 aromatic rings. The Hall–Kier alpha value is -2.25. The molecular weight excluding hydrogens is 319 g/mol. The summed E-state index contributed by atoms with van der Waals surface area (Å²) in [6, 6.07) is 0. The normalized spacial score (nSPS) is 10.2. The standard InChI is InChI=1S/C12H8Cl2N4O3/c13-7-4-15-5-8(14)6(7)3-9(19)18-11-10(12(20)21)16-1-2-17-11/h1-2,4-5H,3H2,(H,20,21)(H,17,18,19). The second-order valence-corrected chi connectivity index (χ2v) is 4.68. The van der Waals surface area contributed by atoms with Crippen molar-refractivity contribution in [3.8, 4) is 0 Å². The van der Waals surface area contributed by atoms with E-state index in [-0.39, 0.29) is 28.0 Å². The number of nitrogens with one attached hydrogen (secondary N) is 1. The first kappa shape index (κ1) is 15.1. The molecular formula is C12H8Cl2N4O3. The highest BCUT2D eigenvalue weighted by Crippen LogP contribution is 2.23. The number of pyridine rings is 1. The number of carboxylic acid groups (broad SMARTS) is 1. The number of hydrogen-bond acceptors (Lipinski definition) is 5. The minimum Gasteiger partial charge on any atom is -0.476 e. The highest BCUT2D eigenvalue weighted by molar-refractivity contribution is 6.36. The fraction of sp³-hybridized carbons (Fsp3) is 0.0833. The fourth-order valence-corrected chi connectivity index (χ4v) is 2.03. The minimum absolute atomic E-state index is 0.142. The van der Waals surface area contributed by atoms with Crippen LogP contribution in [-0.4, -0.2) is 31.9 Å². The number of carbonyl (C=O) groups excluding carboxylic acids is 1. The van der Waals surface area contributed by atoms with E-state index < -0.39 is 11.9 Å². The van der Waals surface area contributed by atoms with Gasteiger partial charge < -0.3 is 10.4 Å². The number of amides is 1.